The fourth-order valence-electron chi connectivity index (χ4n) is 4.68. The second kappa shape index (κ2) is 11.4. The Hall–Kier alpha value is -3.59. The number of anilines is 2. The molecule has 2 heterocycles. The highest BCUT2D eigenvalue weighted by molar-refractivity contribution is 5.97. The van der Waals surface area contributed by atoms with Crippen molar-refractivity contribution >= 4 is 29.1 Å². The molecular weight excluding hydrogens is 458 g/mol. The number of nitrogens with one attached hydrogen (secondary N) is 2. The molecule has 2 fully saturated rings. The van der Waals surface area contributed by atoms with Gasteiger partial charge in [-0.2, -0.15) is 0 Å². The van der Waals surface area contributed by atoms with Gasteiger partial charge in [-0.25, -0.2) is 0 Å². The number of rotatable bonds is 7. The average Bonchev–Trinajstić information content (AvgIpc) is 2.88. The lowest BCUT2D eigenvalue weighted by atomic mass is 10.1. The van der Waals surface area contributed by atoms with Crippen LogP contribution in [0.25, 0.3) is 0 Å². The van der Waals surface area contributed by atoms with Gasteiger partial charge in [0.25, 0.3) is 0 Å². The lowest BCUT2D eigenvalue weighted by Crippen LogP contribution is -2.60. The summed E-state index contributed by atoms with van der Waals surface area (Å²) in [5.74, 6) is 0.127. The minimum absolute atomic E-state index is 0.0753. The number of piperazine rings is 2. The summed E-state index contributed by atoms with van der Waals surface area (Å²) >= 11 is 0. The third kappa shape index (κ3) is 6.15. The average molecular weight is 494 g/mol. The van der Waals surface area contributed by atoms with Gasteiger partial charge in [0.15, 0.2) is 0 Å². The first-order chi connectivity index (χ1) is 17.3. The number of carbonyl (C=O) groups is 3. The van der Waals surface area contributed by atoms with E-state index >= 15 is 0 Å². The van der Waals surface area contributed by atoms with E-state index in [1.807, 2.05) is 50.2 Å². The van der Waals surface area contributed by atoms with Gasteiger partial charge in [0.1, 0.15) is 11.8 Å². The Morgan fingerprint density at radius 3 is 2.53 bits per heavy atom. The minimum atomic E-state index is -0.809. The SMILES string of the molecule is COc1cccc(N2CCN(CC(=O)N3CCNC(=O)[C@H]3CC(=O)Nc3ccc(C)c(C)c3)CC2)c1. The third-order valence-corrected chi connectivity index (χ3v) is 6.97. The molecule has 4 rings (SSSR count). The van der Waals surface area contributed by atoms with Crippen molar-refractivity contribution in [3.63, 3.8) is 0 Å². The van der Waals surface area contributed by atoms with Crippen molar-refractivity contribution in [3.05, 3.63) is 53.6 Å². The maximum atomic E-state index is 13.2. The molecule has 192 valence electrons. The molecule has 2 saturated heterocycles. The van der Waals surface area contributed by atoms with Crippen LogP contribution in [0.15, 0.2) is 42.5 Å². The van der Waals surface area contributed by atoms with Crippen LogP contribution in [0, 0.1) is 13.8 Å². The Morgan fingerprint density at radius 2 is 1.81 bits per heavy atom. The van der Waals surface area contributed by atoms with Gasteiger partial charge in [-0.05, 0) is 49.2 Å². The van der Waals surface area contributed by atoms with Crippen molar-refractivity contribution in [1.82, 2.24) is 15.1 Å². The van der Waals surface area contributed by atoms with Crippen LogP contribution in [-0.4, -0.2) is 86.5 Å². The second-order valence-corrected chi connectivity index (χ2v) is 9.41. The van der Waals surface area contributed by atoms with Crippen LogP contribution in [0.3, 0.4) is 0 Å². The van der Waals surface area contributed by atoms with E-state index in [-0.39, 0.29) is 30.7 Å². The first-order valence-electron chi connectivity index (χ1n) is 12.4. The number of ether oxygens (including phenoxy) is 1. The molecule has 2 aliphatic rings. The monoisotopic (exact) mass is 493 g/mol. The number of hydrogen-bond acceptors (Lipinski definition) is 6. The number of hydrogen-bond donors (Lipinski definition) is 2. The highest BCUT2D eigenvalue weighted by Crippen LogP contribution is 2.22. The maximum Gasteiger partial charge on any atom is 0.243 e. The summed E-state index contributed by atoms with van der Waals surface area (Å²) in [5, 5.41) is 5.66. The van der Waals surface area contributed by atoms with E-state index in [0.717, 1.165) is 48.7 Å². The zero-order chi connectivity index (χ0) is 25.7. The van der Waals surface area contributed by atoms with Gasteiger partial charge in [-0.15, -0.1) is 0 Å². The van der Waals surface area contributed by atoms with Crippen LogP contribution in [0.5, 0.6) is 5.75 Å². The molecule has 0 bridgehead atoms. The number of carbonyl (C=O) groups excluding carboxylic acids is 3. The van der Waals surface area contributed by atoms with E-state index < -0.39 is 6.04 Å². The molecule has 0 saturated carbocycles. The van der Waals surface area contributed by atoms with Crippen molar-refractivity contribution < 1.29 is 19.1 Å². The lowest BCUT2D eigenvalue weighted by Gasteiger charge is -2.39. The molecule has 9 heteroatoms. The quantitative estimate of drug-likeness (QED) is 0.611. The first-order valence-corrected chi connectivity index (χ1v) is 12.4. The van der Waals surface area contributed by atoms with Crippen LogP contribution < -0.4 is 20.3 Å². The molecule has 0 radical (unpaired) electrons. The third-order valence-electron chi connectivity index (χ3n) is 6.97. The van der Waals surface area contributed by atoms with E-state index in [1.165, 1.54) is 0 Å². The van der Waals surface area contributed by atoms with E-state index in [4.69, 9.17) is 4.74 Å². The molecule has 9 nitrogen and oxygen atoms in total. The second-order valence-electron chi connectivity index (χ2n) is 9.41. The molecular formula is C27H35N5O4. The number of aryl methyl sites for hydroxylation is 2. The Kier molecular flexibility index (Phi) is 8.10. The largest absolute Gasteiger partial charge is 0.497 e. The Morgan fingerprint density at radius 1 is 1.03 bits per heavy atom. The van der Waals surface area contributed by atoms with Gasteiger partial charge < -0.3 is 25.2 Å². The normalized spacial score (nSPS) is 18.5. The van der Waals surface area contributed by atoms with Crippen LogP contribution in [0.4, 0.5) is 11.4 Å². The van der Waals surface area contributed by atoms with Gasteiger partial charge in [0.05, 0.1) is 20.1 Å². The summed E-state index contributed by atoms with van der Waals surface area (Å²) in [6.07, 6.45) is -0.0753. The van der Waals surface area contributed by atoms with Crippen molar-refractivity contribution in [2.75, 3.05) is 63.1 Å². The molecule has 0 aliphatic carbocycles. The summed E-state index contributed by atoms with van der Waals surface area (Å²) in [6.45, 7) is 8.08. The highest BCUT2D eigenvalue weighted by Gasteiger charge is 2.35. The molecule has 36 heavy (non-hydrogen) atoms. The molecule has 0 unspecified atom stereocenters. The van der Waals surface area contributed by atoms with Gasteiger partial charge in [0, 0.05) is 56.7 Å². The van der Waals surface area contributed by atoms with Gasteiger partial charge in [0.2, 0.25) is 17.7 Å². The predicted octanol–water partition coefficient (Wildman–Crippen LogP) is 1.79. The van der Waals surface area contributed by atoms with Gasteiger partial charge >= 0.3 is 0 Å². The van der Waals surface area contributed by atoms with Crippen molar-refractivity contribution in [2.24, 2.45) is 0 Å². The van der Waals surface area contributed by atoms with Crippen LogP contribution in [0.1, 0.15) is 17.5 Å². The topological polar surface area (TPSA) is 94.2 Å². The Labute approximate surface area is 212 Å². The van der Waals surface area contributed by atoms with E-state index in [0.29, 0.717) is 18.8 Å². The molecule has 3 amide bonds. The molecule has 2 aromatic rings. The summed E-state index contributed by atoms with van der Waals surface area (Å²) in [6, 6.07) is 12.9. The molecule has 2 N–H and O–H groups in total. The summed E-state index contributed by atoms with van der Waals surface area (Å²) in [4.78, 5) is 44.5. The fourth-order valence-corrected chi connectivity index (χ4v) is 4.68. The number of benzene rings is 2. The highest BCUT2D eigenvalue weighted by atomic mass is 16.5. The fraction of sp³-hybridized carbons (Fsp3) is 0.444. The molecule has 1 atom stereocenters. The molecule has 0 spiro atoms. The van der Waals surface area contributed by atoms with Gasteiger partial charge in [-0.1, -0.05) is 12.1 Å². The predicted molar refractivity (Wildman–Crippen MR) is 139 cm³/mol. The van der Waals surface area contributed by atoms with E-state index in [2.05, 4.69) is 26.5 Å². The van der Waals surface area contributed by atoms with E-state index in [9.17, 15) is 14.4 Å². The van der Waals surface area contributed by atoms with E-state index in [1.54, 1.807) is 12.0 Å². The zero-order valence-corrected chi connectivity index (χ0v) is 21.3. The first kappa shape index (κ1) is 25.5. The maximum absolute atomic E-state index is 13.2. The molecule has 0 aromatic heterocycles. The van der Waals surface area contributed by atoms with Crippen molar-refractivity contribution in [1.29, 1.82) is 0 Å². The Bertz CT molecular complexity index is 1110. The smallest absolute Gasteiger partial charge is 0.243 e. The van der Waals surface area contributed by atoms with Crippen LogP contribution in [0.2, 0.25) is 0 Å². The standard InChI is InChI=1S/C27H35N5O4/c1-19-7-8-21(15-20(19)2)29-25(33)17-24-27(35)28-9-10-32(24)26(34)18-30-11-13-31(14-12-30)22-5-4-6-23(16-22)36-3/h4-8,15-16,24H,9-14,17-18H2,1-3H3,(H,28,35)(H,29,33)/t24-/m1/s1. The summed E-state index contributed by atoms with van der Waals surface area (Å²) in [7, 11) is 1.66. The lowest BCUT2D eigenvalue weighted by molar-refractivity contribution is -0.145. The Balaban J connectivity index is 1.32. The number of methoxy groups -OCH3 is 1. The van der Waals surface area contributed by atoms with Crippen molar-refractivity contribution in [2.45, 2.75) is 26.3 Å². The summed E-state index contributed by atoms with van der Waals surface area (Å²) in [5.41, 5.74) is 4.00. The summed E-state index contributed by atoms with van der Waals surface area (Å²) < 4.78 is 5.33. The molecule has 2 aromatic carbocycles. The number of amides is 3. The van der Waals surface area contributed by atoms with Crippen LogP contribution >= 0.6 is 0 Å². The van der Waals surface area contributed by atoms with Gasteiger partial charge in [-0.3, -0.25) is 19.3 Å². The zero-order valence-electron chi connectivity index (χ0n) is 21.3. The molecule has 2 aliphatic heterocycles. The van der Waals surface area contributed by atoms with Crippen molar-refractivity contribution in [3.8, 4) is 5.75 Å². The van der Waals surface area contributed by atoms with Crippen LogP contribution in [-0.2, 0) is 14.4 Å². The number of nitrogens with zero attached hydrogens (tertiary/aromatic N) is 3. The minimum Gasteiger partial charge on any atom is -0.497 e.